The van der Waals surface area contributed by atoms with Gasteiger partial charge in [-0.2, -0.15) is 0 Å². The molecule has 0 amide bonds. The minimum absolute atomic E-state index is 0.0985. The Hall–Kier alpha value is -4.32. The van der Waals surface area contributed by atoms with E-state index >= 15 is 0 Å². The lowest BCUT2D eigenvalue weighted by molar-refractivity contribution is 0.155. The maximum atomic E-state index is 13.2. The average molecular weight is 561 g/mol. The zero-order valence-corrected chi connectivity index (χ0v) is 23.8. The molecule has 2 N–H and O–H groups in total. The van der Waals surface area contributed by atoms with Gasteiger partial charge in [0.1, 0.15) is 11.5 Å². The molecule has 0 unspecified atom stereocenters. The molecule has 42 heavy (non-hydrogen) atoms. The van der Waals surface area contributed by atoms with Crippen molar-refractivity contribution in [1.82, 2.24) is 9.97 Å². The quantitative estimate of drug-likeness (QED) is 0.205. The fraction of sp³-hybridized carbons (Fsp3) is 0.333. The molecule has 7 rings (SSSR count). The van der Waals surface area contributed by atoms with Crippen LogP contribution in [-0.4, -0.2) is 22.2 Å². The highest BCUT2D eigenvalue weighted by Gasteiger charge is 2.16. The van der Waals surface area contributed by atoms with Crippen LogP contribution in [0, 0.1) is 0 Å². The van der Waals surface area contributed by atoms with Gasteiger partial charge in [0, 0.05) is 34.3 Å². The van der Waals surface area contributed by atoms with Gasteiger partial charge < -0.3 is 19.4 Å². The number of aromatic amines is 2. The highest BCUT2D eigenvalue weighted by molar-refractivity contribution is 5.96. The number of pyridine rings is 2. The van der Waals surface area contributed by atoms with Crippen molar-refractivity contribution in [2.24, 2.45) is 0 Å². The van der Waals surface area contributed by atoms with E-state index in [1.54, 1.807) is 24.3 Å². The molecule has 0 aliphatic heterocycles. The van der Waals surface area contributed by atoms with Crippen molar-refractivity contribution in [1.29, 1.82) is 0 Å². The van der Waals surface area contributed by atoms with Crippen molar-refractivity contribution in [2.75, 3.05) is 0 Å². The first-order chi connectivity index (χ1) is 20.6. The monoisotopic (exact) mass is 560 g/mol. The molecule has 0 saturated heterocycles. The number of fused-ring (bicyclic) bond motifs is 2. The third kappa shape index (κ3) is 5.58. The second-order valence-corrected chi connectivity index (χ2v) is 11.8. The number of hydrogen-bond donors (Lipinski definition) is 2. The second kappa shape index (κ2) is 11.5. The lowest BCUT2D eigenvalue weighted by Gasteiger charge is -2.23. The van der Waals surface area contributed by atoms with Gasteiger partial charge in [-0.3, -0.25) is 9.59 Å². The molecule has 2 heterocycles. The largest absolute Gasteiger partial charge is 0.490 e. The molecule has 6 heteroatoms. The summed E-state index contributed by atoms with van der Waals surface area (Å²) in [4.78, 5) is 33.2. The summed E-state index contributed by atoms with van der Waals surface area (Å²) >= 11 is 0. The van der Waals surface area contributed by atoms with Gasteiger partial charge in [0.25, 0.3) is 0 Å². The fourth-order valence-corrected chi connectivity index (χ4v) is 6.48. The predicted octanol–water partition coefficient (Wildman–Crippen LogP) is 8.13. The van der Waals surface area contributed by atoms with Gasteiger partial charge in [-0.1, -0.05) is 12.8 Å². The van der Waals surface area contributed by atoms with Crippen LogP contribution < -0.4 is 20.3 Å². The summed E-state index contributed by atoms with van der Waals surface area (Å²) in [7, 11) is 0. The van der Waals surface area contributed by atoms with E-state index in [0.29, 0.717) is 33.2 Å². The molecule has 2 saturated carbocycles. The van der Waals surface area contributed by atoms with Gasteiger partial charge in [0.2, 0.25) is 0 Å². The van der Waals surface area contributed by atoms with Crippen LogP contribution in [0.5, 0.6) is 11.5 Å². The molecule has 3 aromatic carbocycles. The number of aromatic nitrogens is 2. The number of benzene rings is 3. The second-order valence-electron chi connectivity index (χ2n) is 11.8. The van der Waals surface area contributed by atoms with E-state index in [1.165, 1.54) is 38.5 Å². The van der Waals surface area contributed by atoms with E-state index < -0.39 is 0 Å². The Morgan fingerprint density at radius 3 is 1.26 bits per heavy atom. The molecule has 0 radical (unpaired) electrons. The zero-order valence-electron chi connectivity index (χ0n) is 23.8. The van der Waals surface area contributed by atoms with E-state index in [4.69, 9.17) is 9.47 Å². The van der Waals surface area contributed by atoms with Crippen molar-refractivity contribution in [3.8, 4) is 34.0 Å². The van der Waals surface area contributed by atoms with Crippen LogP contribution in [0.25, 0.3) is 44.3 Å². The van der Waals surface area contributed by atoms with Crippen LogP contribution in [0.2, 0.25) is 0 Å². The topological polar surface area (TPSA) is 84.2 Å². The van der Waals surface area contributed by atoms with Gasteiger partial charge in [0.15, 0.2) is 10.9 Å². The number of ether oxygens (including phenoxy) is 2. The number of hydrogen-bond acceptors (Lipinski definition) is 4. The minimum Gasteiger partial charge on any atom is -0.490 e. The summed E-state index contributed by atoms with van der Waals surface area (Å²) in [5.74, 6) is 1.71. The Balaban J connectivity index is 1.15. The zero-order chi connectivity index (χ0) is 28.5. The van der Waals surface area contributed by atoms with Gasteiger partial charge in [0.05, 0.1) is 23.2 Å². The summed E-state index contributed by atoms with van der Waals surface area (Å²) in [6.07, 6.45) is 12.5. The minimum atomic E-state index is -0.0985. The molecule has 2 aromatic heterocycles. The van der Waals surface area contributed by atoms with Crippen molar-refractivity contribution in [2.45, 2.75) is 76.4 Å². The third-order valence-electron chi connectivity index (χ3n) is 8.82. The van der Waals surface area contributed by atoms with E-state index in [-0.39, 0.29) is 23.1 Å². The fourth-order valence-electron chi connectivity index (χ4n) is 6.48. The Bertz CT molecular complexity index is 1690. The predicted molar refractivity (Wildman–Crippen MR) is 169 cm³/mol. The first-order valence-corrected chi connectivity index (χ1v) is 15.4. The molecule has 0 bridgehead atoms. The van der Waals surface area contributed by atoms with E-state index in [1.807, 2.05) is 48.5 Å². The van der Waals surface area contributed by atoms with Crippen LogP contribution >= 0.6 is 0 Å². The molecule has 5 aromatic rings. The van der Waals surface area contributed by atoms with Crippen LogP contribution in [0.15, 0.2) is 82.4 Å². The lowest BCUT2D eigenvalue weighted by atomic mass is 9.98. The first kappa shape index (κ1) is 26.6. The normalized spacial score (nSPS) is 16.6. The van der Waals surface area contributed by atoms with Crippen LogP contribution in [0.3, 0.4) is 0 Å². The Kier molecular flexibility index (Phi) is 7.28. The Morgan fingerprint density at radius 2 is 0.881 bits per heavy atom. The Morgan fingerprint density at radius 1 is 0.500 bits per heavy atom. The molecule has 214 valence electrons. The molecule has 0 spiro atoms. The summed E-state index contributed by atoms with van der Waals surface area (Å²) in [5.41, 5.74) is 4.28. The van der Waals surface area contributed by atoms with Crippen LogP contribution in [0.4, 0.5) is 0 Å². The van der Waals surface area contributed by atoms with E-state index in [9.17, 15) is 9.59 Å². The summed E-state index contributed by atoms with van der Waals surface area (Å²) in [6.45, 7) is 0. The van der Waals surface area contributed by atoms with E-state index in [2.05, 4.69) is 9.97 Å². The van der Waals surface area contributed by atoms with Crippen LogP contribution in [-0.2, 0) is 0 Å². The standard InChI is InChI=1S/C36H36N2O4/c39-35-21-31(23-11-15-27(16-12-23)41-25-7-3-1-4-8-25)37-33-19-30-34(20-29(33)35)38-32(22-36(30)40)24-13-17-28(18-14-24)42-26-9-5-2-6-10-26/h11-22,25-26H,1-10H2,(H,37,39)(H,38,40). The highest BCUT2D eigenvalue weighted by atomic mass is 16.5. The van der Waals surface area contributed by atoms with Crippen LogP contribution in [0.1, 0.15) is 64.2 Å². The van der Waals surface area contributed by atoms with Crippen molar-refractivity contribution >= 4 is 21.8 Å². The SMILES string of the molecule is O=c1cc(-c2ccc(OC3CCCCC3)cc2)[nH]c2cc3c(=O)cc(-c4ccc(OC5CCCCC5)cc4)[nH]c3cc12. The average Bonchev–Trinajstić information content (AvgIpc) is 3.02. The van der Waals surface area contributed by atoms with Crippen molar-refractivity contribution in [3.63, 3.8) is 0 Å². The first-order valence-electron chi connectivity index (χ1n) is 15.4. The molecule has 0 atom stereocenters. The molecular formula is C36H36N2O4. The van der Waals surface area contributed by atoms with Gasteiger partial charge >= 0.3 is 0 Å². The molecular weight excluding hydrogens is 524 g/mol. The summed E-state index contributed by atoms with van der Waals surface area (Å²) in [5, 5.41) is 1.07. The summed E-state index contributed by atoms with van der Waals surface area (Å²) in [6, 6.07) is 22.6. The maximum absolute atomic E-state index is 13.2. The third-order valence-corrected chi connectivity index (χ3v) is 8.82. The molecule has 6 nitrogen and oxygen atoms in total. The highest BCUT2D eigenvalue weighted by Crippen LogP contribution is 2.29. The van der Waals surface area contributed by atoms with Gasteiger partial charge in [-0.25, -0.2) is 0 Å². The smallest absolute Gasteiger partial charge is 0.190 e. The van der Waals surface area contributed by atoms with E-state index in [0.717, 1.165) is 48.3 Å². The molecule has 2 aliphatic carbocycles. The number of nitrogens with one attached hydrogen (secondary N) is 2. The Labute approximate surface area is 244 Å². The summed E-state index contributed by atoms with van der Waals surface area (Å²) < 4.78 is 12.3. The van der Waals surface area contributed by atoms with Crippen molar-refractivity contribution < 1.29 is 9.47 Å². The number of rotatable bonds is 6. The maximum Gasteiger partial charge on any atom is 0.190 e. The lowest BCUT2D eigenvalue weighted by Crippen LogP contribution is -2.19. The molecule has 2 aliphatic rings. The van der Waals surface area contributed by atoms with Gasteiger partial charge in [-0.15, -0.1) is 0 Å². The molecule has 2 fully saturated rings. The number of H-pyrrole nitrogens is 2. The van der Waals surface area contributed by atoms with Crippen molar-refractivity contribution in [3.05, 3.63) is 93.2 Å². The van der Waals surface area contributed by atoms with Gasteiger partial charge in [-0.05, 0) is 123 Å².